The minimum absolute atomic E-state index is 0. The van der Waals surface area contributed by atoms with Crippen LogP contribution in [0.15, 0.2) is 58.3 Å². The normalized spacial score (nSPS) is 11.4. The van der Waals surface area contributed by atoms with Crippen LogP contribution in [0.5, 0.6) is 0 Å². The van der Waals surface area contributed by atoms with Crippen LogP contribution in [0.2, 0.25) is 0 Å². The molecule has 43 heavy (non-hydrogen) atoms. The van der Waals surface area contributed by atoms with Crippen LogP contribution < -0.4 is 0 Å². The molecule has 2 aromatic carbocycles. The summed E-state index contributed by atoms with van der Waals surface area (Å²) >= 11 is 0. The van der Waals surface area contributed by atoms with E-state index in [1.54, 1.807) is 36.4 Å². The summed E-state index contributed by atoms with van der Waals surface area (Å²) in [6.45, 7) is 4.44. The van der Waals surface area contributed by atoms with Gasteiger partial charge in [-0.25, -0.2) is 16.8 Å². The summed E-state index contributed by atoms with van der Waals surface area (Å²) in [5.41, 5.74) is 1.32. The van der Waals surface area contributed by atoms with Gasteiger partial charge in [-0.05, 0) is 48.9 Å². The Balaban J connectivity index is 0.000000802. The predicted molar refractivity (Wildman–Crippen MR) is 176 cm³/mol. The van der Waals surface area contributed by atoms with Crippen LogP contribution in [0.4, 0.5) is 0 Å². The number of hydrogen-bond donors (Lipinski definition) is 0. The zero-order valence-corrected chi connectivity index (χ0v) is 32.8. The van der Waals surface area contributed by atoms with Crippen molar-refractivity contribution in [3.63, 3.8) is 0 Å². The molecule has 0 bridgehead atoms. The molecule has 0 aromatic heterocycles. The van der Waals surface area contributed by atoms with E-state index < -0.39 is 20.2 Å². The zero-order valence-electron chi connectivity index (χ0n) is 26.7. The molecular formula is C34H54BaO6S2. The van der Waals surface area contributed by atoms with Gasteiger partial charge in [-0.15, -0.1) is 0 Å². The fourth-order valence-electron chi connectivity index (χ4n) is 5.16. The van der Waals surface area contributed by atoms with Crippen molar-refractivity contribution < 1.29 is 25.9 Å². The molecule has 0 aliphatic heterocycles. The second-order valence-corrected chi connectivity index (χ2v) is 14.0. The largest absolute Gasteiger partial charge is 2.00 e. The summed E-state index contributed by atoms with van der Waals surface area (Å²) in [5.74, 6) is 0. The number of unbranched alkanes of at least 4 members (excludes halogenated alkanes) is 16. The van der Waals surface area contributed by atoms with Crippen molar-refractivity contribution in [1.82, 2.24) is 0 Å². The maximum absolute atomic E-state index is 11.2. The zero-order chi connectivity index (χ0) is 31.1. The fraction of sp³-hybridized carbons (Fsp3) is 0.647. The monoisotopic (exact) mass is 760 g/mol. The minimum atomic E-state index is -4.34. The third kappa shape index (κ3) is 21.3. The van der Waals surface area contributed by atoms with Crippen molar-refractivity contribution in [1.29, 1.82) is 0 Å². The quantitative estimate of drug-likeness (QED) is 0.0673. The van der Waals surface area contributed by atoms with Gasteiger partial charge in [0.15, 0.2) is 0 Å². The molecule has 0 aliphatic carbocycles. The Morgan fingerprint density at radius 3 is 0.977 bits per heavy atom. The van der Waals surface area contributed by atoms with E-state index in [9.17, 15) is 25.9 Å². The molecular weight excluding hydrogens is 706 g/mol. The Morgan fingerprint density at radius 2 is 0.698 bits per heavy atom. The fourth-order valence-corrected chi connectivity index (χ4v) is 6.63. The average Bonchev–Trinajstić information content (AvgIpc) is 2.95. The number of rotatable bonds is 22. The maximum Gasteiger partial charge on any atom is 2.00 e. The van der Waals surface area contributed by atoms with Gasteiger partial charge in [0.05, 0.1) is 9.79 Å². The predicted octanol–water partition coefficient (Wildman–Crippen LogP) is 8.95. The Kier molecular flexibility index (Phi) is 25.9. The van der Waals surface area contributed by atoms with Gasteiger partial charge in [0.25, 0.3) is 0 Å². The van der Waals surface area contributed by atoms with Crippen LogP contribution in [-0.2, 0) is 33.1 Å². The Labute approximate surface area is 303 Å². The number of aryl methyl sites for hydroxylation is 2. The van der Waals surface area contributed by atoms with Crippen LogP contribution in [0.3, 0.4) is 0 Å². The second-order valence-electron chi connectivity index (χ2n) is 11.3. The number of hydrogen-bond acceptors (Lipinski definition) is 6. The van der Waals surface area contributed by atoms with E-state index in [1.807, 2.05) is 0 Å². The van der Waals surface area contributed by atoms with Gasteiger partial charge in [0.1, 0.15) is 20.2 Å². The van der Waals surface area contributed by atoms with E-state index in [4.69, 9.17) is 0 Å². The van der Waals surface area contributed by atoms with Crippen molar-refractivity contribution in [2.75, 3.05) is 0 Å². The first-order chi connectivity index (χ1) is 20.1. The minimum Gasteiger partial charge on any atom is -0.744 e. The average molecular weight is 760 g/mol. The molecule has 0 radical (unpaired) electrons. The van der Waals surface area contributed by atoms with Gasteiger partial charge in [-0.3, -0.25) is 0 Å². The smallest absolute Gasteiger partial charge is 0.744 e. The van der Waals surface area contributed by atoms with E-state index in [2.05, 4.69) is 13.8 Å². The second kappa shape index (κ2) is 26.0. The Bertz CT molecular complexity index is 1090. The molecule has 0 saturated heterocycles. The molecule has 0 saturated carbocycles. The van der Waals surface area contributed by atoms with Crippen molar-refractivity contribution >= 4 is 69.1 Å². The molecule has 9 heteroatoms. The standard InChI is InChI=1S/2C17H28O3S.Ba/c2*1-2-3-4-5-6-7-8-9-10-13-16-14-11-12-15-17(16)21(18,19)20;/h2*11-12,14-15H,2-10,13H2,1H3,(H,18,19,20);/q;;+2/p-2. The molecule has 0 heterocycles. The van der Waals surface area contributed by atoms with Crippen LogP contribution in [-0.4, -0.2) is 74.8 Å². The summed E-state index contributed by atoms with van der Waals surface area (Å²) < 4.78 is 67.0. The molecule has 0 amide bonds. The molecule has 0 spiro atoms. The van der Waals surface area contributed by atoms with Crippen molar-refractivity contribution in [2.45, 2.75) is 152 Å². The summed E-state index contributed by atoms with van der Waals surface area (Å²) in [7, 11) is -8.69. The van der Waals surface area contributed by atoms with Gasteiger partial charge < -0.3 is 9.11 Å². The van der Waals surface area contributed by atoms with E-state index in [0.717, 1.165) is 25.7 Å². The van der Waals surface area contributed by atoms with Gasteiger partial charge >= 0.3 is 48.9 Å². The molecule has 2 rings (SSSR count). The van der Waals surface area contributed by atoms with Crippen molar-refractivity contribution in [3.8, 4) is 0 Å². The van der Waals surface area contributed by atoms with Crippen LogP contribution in [0, 0.1) is 0 Å². The van der Waals surface area contributed by atoms with E-state index in [1.165, 1.54) is 102 Å². The molecule has 0 unspecified atom stereocenters. The van der Waals surface area contributed by atoms with E-state index >= 15 is 0 Å². The SMILES string of the molecule is CCCCCCCCCCCc1ccccc1S(=O)(=O)[O-].CCCCCCCCCCCc1ccccc1S(=O)(=O)[O-].[Ba+2]. The summed E-state index contributed by atoms with van der Waals surface area (Å²) in [4.78, 5) is -0.103. The maximum atomic E-state index is 11.2. The third-order valence-corrected chi connectivity index (χ3v) is 9.46. The third-order valence-electron chi connectivity index (χ3n) is 7.58. The first kappa shape index (κ1) is 42.8. The topological polar surface area (TPSA) is 114 Å². The summed E-state index contributed by atoms with van der Waals surface area (Å²) in [6.07, 6.45) is 23.5. The summed E-state index contributed by atoms with van der Waals surface area (Å²) in [6, 6.07) is 13.1. The molecule has 0 fully saturated rings. The van der Waals surface area contributed by atoms with Gasteiger partial charge in [0, 0.05) is 0 Å². The molecule has 2 aromatic rings. The molecule has 0 aliphatic rings. The van der Waals surface area contributed by atoms with E-state index in [-0.39, 0.29) is 58.7 Å². The Hall–Kier alpha value is -0.169. The van der Waals surface area contributed by atoms with Gasteiger partial charge in [-0.2, -0.15) is 0 Å². The Morgan fingerprint density at radius 1 is 0.442 bits per heavy atom. The van der Waals surface area contributed by atoms with Crippen LogP contribution in [0.1, 0.15) is 141 Å². The number of benzene rings is 2. The molecule has 240 valence electrons. The molecule has 0 N–H and O–H groups in total. The summed E-state index contributed by atoms with van der Waals surface area (Å²) in [5, 5.41) is 0. The van der Waals surface area contributed by atoms with Crippen LogP contribution >= 0.6 is 0 Å². The van der Waals surface area contributed by atoms with Crippen molar-refractivity contribution in [2.24, 2.45) is 0 Å². The molecule has 6 nitrogen and oxygen atoms in total. The van der Waals surface area contributed by atoms with Crippen molar-refractivity contribution in [3.05, 3.63) is 59.7 Å². The van der Waals surface area contributed by atoms with Gasteiger partial charge in [0.2, 0.25) is 0 Å². The van der Waals surface area contributed by atoms with E-state index in [0.29, 0.717) is 24.0 Å². The van der Waals surface area contributed by atoms with Gasteiger partial charge in [-0.1, -0.05) is 153 Å². The molecule has 0 atom stereocenters. The first-order valence-electron chi connectivity index (χ1n) is 16.2. The first-order valence-corrected chi connectivity index (χ1v) is 19.0. The van der Waals surface area contributed by atoms with Crippen LogP contribution in [0.25, 0.3) is 0 Å².